The first kappa shape index (κ1) is 15.4. The fourth-order valence-electron chi connectivity index (χ4n) is 2.08. The molecule has 0 saturated heterocycles. The van der Waals surface area contributed by atoms with Gasteiger partial charge >= 0.3 is 0 Å². The third kappa shape index (κ3) is 3.79. The summed E-state index contributed by atoms with van der Waals surface area (Å²) in [5.41, 5.74) is 2.55. The number of aryl methyl sites for hydroxylation is 1. The van der Waals surface area contributed by atoms with Crippen LogP contribution in [0.4, 0.5) is 5.69 Å². The van der Waals surface area contributed by atoms with Crippen LogP contribution < -0.4 is 5.32 Å². The molecule has 0 aliphatic carbocycles. The van der Waals surface area contributed by atoms with E-state index in [2.05, 4.69) is 29.1 Å². The molecule has 2 aromatic rings. The normalized spacial score (nSPS) is 10.5. The SMILES string of the molecule is CCn1ccc(CNc2cc(Cl)ccc2C(=O)N(C)C)c1. The summed E-state index contributed by atoms with van der Waals surface area (Å²) in [6, 6.07) is 7.34. The molecule has 0 fully saturated rings. The van der Waals surface area contributed by atoms with Gasteiger partial charge in [0.25, 0.3) is 5.91 Å². The lowest BCUT2D eigenvalue weighted by Gasteiger charge is -2.15. The van der Waals surface area contributed by atoms with Gasteiger partial charge in [0, 0.05) is 50.3 Å². The molecule has 21 heavy (non-hydrogen) atoms. The van der Waals surface area contributed by atoms with Crippen LogP contribution in [0.1, 0.15) is 22.8 Å². The minimum Gasteiger partial charge on any atom is -0.380 e. The Morgan fingerprint density at radius 1 is 1.33 bits per heavy atom. The predicted molar refractivity (Wildman–Crippen MR) is 86.9 cm³/mol. The average molecular weight is 306 g/mol. The summed E-state index contributed by atoms with van der Waals surface area (Å²) in [5.74, 6) is -0.0414. The Morgan fingerprint density at radius 2 is 2.10 bits per heavy atom. The Labute approximate surface area is 130 Å². The zero-order valence-corrected chi connectivity index (χ0v) is 13.3. The molecule has 4 nitrogen and oxygen atoms in total. The Hall–Kier alpha value is -1.94. The fraction of sp³-hybridized carbons (Fsp3) is 0.312. The molecule has 0 unspecified atom stereocenters. The van der Waals surface area contributed by atoms with Crippen LogP contribution in [0.3, 0.4) is 0 Å². The number of aromatic nitrogens is 1. The summed E-state index contributed by atoms with van der Waals surface area (Å²) in [6.45, 7) is 3.70. The van der Waals surface area contributed by atoms with Crippen LogP contribution in [0, 0.1) is 0 Å². The number of carbonyl (C=O) groups is 1. The van der Waals surface area contributed by atoms with Gasteiger partial charge in [-0.15, -0.1) is 0 Å². The molecule has 1 heterocycles. The van der Waals surface area contributed by atoms with Gasteiger partial charge in [0.15, 0.2) is 0 Å². The molecule has 2 rings (SSSR count). The number of hydrogen-bond acceptors (Lipinski definition) is 2. The largest absolute Gasteiger partial charge is 0.380 e. The van der Waals surface area contributed by atoms with Gasteiger partial charge in [0.2, 0.25) is 0 Å². The van der Waals surface area contributed by atoms with E-state index in [0.29, 0.717) is 17.1 Å². The molecule has 1 N–H and O–H groups in total. The zero-order chi connectivity index (χ0) is 15.4. The van der Waals surface area contributed by atoms with E-state index in [-0.39, 0.29) is 5.91 Å². The molecular weight excluding hydrogens is 286 g/mol. The lowest BCUT2D eigenvalue weighted by molar-refractivity contribution is 0.0828. The van der Waals surface area contributed by atoms with Crippen LogP contribution in [0.5, 0.6) is 0 Å². The highest BCUT2D eigenvalue weighted by Crippen LogP contribution is 2.23. The summed E-state index contributed by atoms with van der Waals surface area (Å²) in [4.78, 5) is 13.7. The Kier molecular flexibility index (Phi) is 4.91. The highest BCUT2D eigenvalue weighted by molar-refractivity contribution is 6.31. The fourth-order valence-corrected chi connectivity index (χ4v) is 2.25. The van der Waals surface area contributed by atoms with Crippen molar-refractivity contribution in [3.63, 3.8) is 0 Å². The first-order chi connectivity index (χ1) is 10.0. The third-order valence-electron chi connectivity index (χ3n) is 3.28. The third-order valence-corrected chi connectivity index (χ3v) is 3.51. The van der Waals surface area contributed by atoms with E-state index in [1.54, 1.807) is 37.2 Å². The van der Waals surface area contributed by atoms with Crippen molar-refractivity contribution in [3.8, 4) is 0 Å². The number of halogens is 1. The number of rotatable bonds is 5. The minimum absolute atomic E-state index is 0.0414. The van der Waals surface area contributed by atoms with E-state index in [1.807, 2.05) is 6.20 Å². The molecule has 1 aromatic carbocycles. The van der Waals surface area contributed by atoms with Crippen LogP contribution in [-0.2, 0) is 13.1 Å². The second-order valence-electron chi connectivity index (χ2n) is 5.09. The van der Waals surface area contributed by atoms with Crippen LogP contribution in [-0.4, -0.2) is 29.5 Å². The smallest absolute Gasteiger partial charge is 0.255 e. The van der Waals surface area contributed by atoms with Crippen LogP contribution in [0.25, 0.3) is 0 Å². The summed E-state index contributed by atoms with van der Waals surface area (Å²) >= 11 is 6.04. The van der Waals surface area contributed by atoms with Gasteiger partial charge in [-0.25, -0.2) is 0 Å². The van der Waals surface area contributed by atoms with Crippen molar-refractivity contribution in [3.05, 3.63) is 52.8 Å². The zero-order valence-electron chi connectivity index (χ0n) is 12.6. The molecule has 0 spiro atoms. The predicted octanol–water partition coefficient (Wildman–Crippen LogP) is 3.48. The van der Waals surface area contributed by atoms with Crippen molar-refractivity contribution < 1.29 is 4.79 Å². The summed E-state index contributed by atoms with van der Waals surface area (Å²) in [5, 5.41) is 3.91. The number of amides is 1. The number of nitrogens with one attached hydrogen (secondary N) is 1. The van der Waals surface area contributed by atoms with Crippen molar-refractivity contribution >= 4 is 23.2 Å². The maximum atomic E-state index is 12.2. The highest BCUT2D eigenvalue weighted by atomic mass is 35.5. The van der Waals surface area contributed by atoms with Gasteiger partial charge in [-0.3, -0.25) is 4.79 Å². The van der Waals surface area contributed by atoms with E-state index in [0.717, 1.165) is 12.2 Å². The van der Waals surface area contributed by atoms with Crippen LogP contribution in [0.15, 0.2) is 36.7 Å². The summed E-state index contributed by atoms with van der Waals surface area (Å²) < 4.78 is 2.11. The molecule has 0 aliphatic rings. The number of nitrogens with zero attached hydrogens (tertiary/aromatic N) is 2. The molecule has 0 aliphatic heterocycles. The molecular formula is C16H20ClN3O. The Bertz CT molecular complexity index is 634. The van der Waals surface area contributed by atoms with Gasteiger partial charge in [-0.05, 0) is 36.8 Å². The molecule has 0 atom stereocenters. The Balaban J connectivity index is 2.18. The van der Waals surface area contributed by atoms with Gasteiger partial charge < -0.3 is 14.8 Å². The number of carbonyl (C=O) groups excluding carboxylic acids is 1. The van der Waals surface area contributed by atoms with E-state index < -0.39 is 0 Å². The second kappa shape index (κ2) is 6.68. The summed E-state index contributed by atoms with van der Waals surface area (Å²) in [6.07, 6.45) is 4.13. The van der Waals surface area contributed by atoms with Crippen molar-refractivity contribution in [2.75, 3.05) is 19.4 Å². The van der Waals surface area contributed by atoms with Gasteiger partial charge in [0.05, 0.1) is 5.56 Å². The molecule has 112 valence electrons. The second-order valence-corrected chi connectivity index (χ2v) is 5.53. The quantitative estimate of drug-likeness (QED) is 0.918. The van der Waals surface area contributed by atoms with Gasteiger partial charge in [-0.2, -0.15) is 0 Å². The molecule has 0 radical (unpaired) electrons. The molecule has 5 heteroatoms. The lowest BCUT2D eigenvalue weighted by atomic mass is 10.1. The number of hydrogen-bond donors (Lipinski definition) is 1. The highest BCUT2D eigenvalue weighted by Gasteiger charge is 2.13. The first-order valence-corrected chi connectivity index (χ1v) is 7.28. The summed E-state index contributed by atoms with van der Waals surface area (Å²) in [7, 11) is 3.48. The maximum absolute atomic E-state index is 12.2. The first-order valence-electron chi connectivity index (χ1n) is 6.91. The van der Waals surface area contributed by atoms with E-state index in [1.165, 1.54) is 5.56 Å². The van der Waals surface area contributed by atoms with Gasteiger partial charge in [0.1, 0.15) is 0 Å². The van der Waals surface area contributed by atoms with Crippen molar-refractivity contribution in [1.82, 2.24) is 9.47 Å². The van der Waals surface area contributed by atoms with Crippen LogP contribution in [0.2, 0.25) is 5.02 Å². The molecule has 0 bridgehead atoms. The standard InChI is InChI=1S/C16H20ClN3O/c1-4-20-8-7-12(11-20)10-18-15-9-13(17)5-6-14(15)16(21)19(2)3/h5-9,11,18H,4,10H2,1-3H3. The number of benzene rings is 1. The number of anilines is 1. The molecule has 0 saturated carbocycles. The van der Waals surface area contributed by atoms with Crippen molar-refractivity contribution in [2.24, 2.45) is 0 Å². The van der Waals surface area contributed by atoms with Crippen molar-refractivity contribution in [1.29, 1.82) is 0 Å². The Morgan fingerprint density at radius 3 is 2.71 bits per heavy atom. The van der Waals surface area contributed by atoms with Crippen molar-refractivity contribution in [2.45, 2.75) is 20.0 Å². The topological polar surface area (TPSA) is 37.3 Å². The average Bonchev–Trinajstić information content (AvgIpc) is 2.92. The maximum Gasteiger partial charge on any atom is 0.255 e. The van der Waals surface area contributed by atoms with E-state index >= 15 is 0 Å². The lowest BCUT2D eigenvalue weighted by Crippen LogP contribution is -2.22. The molecule has 1 aromatic heterocycles. The monoisotopic (exact) mass is 305 g/mol. The minimum atomic E-state index is -0.0414. The van der Waals surface area contributed by atoms with E-state index in [9.17, 15) is 4.79 Å². The van der Waals surface area contributed by atoms with Gasteiger partial charge in [-0.1, -0.05) is 11.6 Å². The van der Waals surface area contributed by atoms with E-state index in [4.69, 9.17) is 11.6 Å². The van der Waals surface area contributed by atoms with Crippen LogP contribution >= 0.6 is 11.6 Å². The molecule has 1 amide bonds.